The van der Waals surface area contributed by atoms with Crippen molar-refractivity contribution < 1.29 is 4.79 Å². The van der Waals surface area contributed by atoms with Gasteiger partial charge in [-0.3, -0.25) is 4.79 Å². The van der Waals surface area contributed by atoms with E-state index in [4.69, 9.17) is 0 Å². The van der Waals surface area contributed by atoms with Crippen LogP contribution in [-0.4, -0.2) is 25.3 Å². The van der Waals surface area contributed by atoms with Gasteiger partial charge < -0.3 is 4.57 Å². The summed E-state index contributed by atoms with van der Waals surface area (Å²) in [4.78, 5) is 25.3. The molecular weight excluding hydrogens is 264 g/mol. The summed E-state index contributed by atoms with van der Waals surface area (Å²) in [7, 11) is 0. The van der Waals surface area contributed by atoms with Gasteiger partial charge in [0, 0.05) is 24.1 Å². The first-order chi connectivity index (χ1) is 10.3. The minimum atomic E-state index is -0.00470. The fourth-order valence-corrected chi connectivity index (χ4v) is 3.67. The van der Waals surface area contributed by atoms with Gasteiger partial charge in [-0.25, -0.2) is 15.0 Å². The lowest BCUT2D eigenvalue weighted by Gasteiger charge is -2.22. The summed E-state index contributed by atoms with van der Waals surface area (Å²) in [5.74, 6) is 0.627. The SMILES string of the molecule is O=C(CC1c2ncncc2-c2cncn21)C1CCCCC1. The molecule has 1 fully saturated rings. The molecule has 1 saturated carbocycles. The van der Waals surface area contributed by atoms with Crippen molar-refractivity contribution in [3.63, 3.8) is 0 Å². The van der Waals surface area contributed by atoms with Crippen LogP contribution in [0.15, 0.2) is 25.0 Å². The zero-order valence-electron chi connectivity index (χ0n) is 11.9. The molecule has 0 N–H and O–H groups in total. The molecule has 21 heavy (non-hydrogen) atoms. The number of hydrogen-bond donors (Lipinski definition) is 0. The third-order valence-electron chi connectivity index (χ3n) is 4.79. The van der Waals surface area contributed by atoms with Crippen LogP contribution < -0.4 is 0 Å². The van der Waals surface area contributed by atoms with Crippen LogP contribution in [0.4, 0.5) is 0 Å². The third-order valence-corrected chi connectivity index (χ3v) is 4.79. The summed E-state index contributed by atoms with van der Waals surface area (Å²) in [5.41, 5.74) is 3.00. The van der Waals surface area contributed by atoms with E-state index in [-0.39, 0.29) is 12.0 Å². The minimum absolute atomic E-state index is 0.00470. The summed E-state index contributed by atoms with van der Waals surface area (Å²) in [6.07, 6.45) is 13.3. The van der Waals surface area contributed by atoms with E-state index in [1.807, 2.05) is 12.4 Å². The Morgan fingerprint density at radius 3 is 2.90 bits per heavy atom. The zero-order valence-corrected chi connectivity index (χ0v) is 11.9. The Hall–Kier alpha value is -2.04. The number of hydrogen-bond acceptors (Lipinski definition) is 4. The van der Waals surface area contributed by atoms with Crippen LogP contribution in [0, 0.1) is 5.92 Å². The van der Waals surface area contributed by atoms with Crippen LogP contribution in [0.2, 0.25) is 0 Å². The smallest absolute Gasteiger partial charge is 0.138 e. The first-order valence-corrected chi connectivity index (χ1v) is 7.69. The van der Waals surface area contributed by atoms with Gasteiger partial charge >= 0.3 is 0 Å². The summed E-state index contributed by atoms with van der Waals surface area (Å²) in [5, 5.41) is 0. The summed E-state index contributed by atoms with van der Waals surface area (Å²) >= 11 is 0. The number of imidazole rings is 1. The van der Waals surface area contributed by atoms with Crippen molar-refractivity contribution in [2.75, 3.05) is 0 Å². The van der Waals surface area contributed by atoms with E-state index in [0.717, 1.165) is 29.8 Å². The number of rotatable bonds is 3. The second-order valence-corrected chi connectivity index (χ2v) is 6.03. The summed E-state index contributed by atoms with van der Waals surface area (Å²) < 4.78 is 2.07. The molecule has 0 aromatic carbocycles. The molecule has 1 aliphatic carbocycles. The number of carbonyl (C=O) groups is 1. The van der Waals surface area contributed by atoms with Gasteiger partial charge in [0.1, 0.15) is 12.1 Å². The Balaban J connectivity index is 1.62. The quantitative estimate of drug-likeness (QED) is 0.868. The van der Waals surface area contributed by atoms with Gasteiger partial charge in [0.15, 0.2) is 0 Å². The minimum Gasteiger partial charge on any atom is -0.321 e. The van der Waals surface area contributed by atoms with Crippen LogP contribution in [0.5, 0.6) is 0 Å². The van der Waals surface area contributed by atoms with E-state index in [9.17, 15) is 4.79 Å². The van der Waals surface area contributed by atoms with Crippen LogP contribution in [0.3, 0.4) is 0 Å². The molecule has 4 rings (SSSR count). The average molecular weight is 282 g/mol. The highest BCUT2D eigenvalue weighted by Crippen LogP contribution is 2.40. The predicted molar refractivity (Wildman–Crippen MR) is 77.6 cm³/mol. The van der Waals surface area contributed by atoms with Gasteiger partial charge in [-0.05, 0) is 12.8 Å². The molecule has 0 saturated heterocycles. The van der Waals surface area contributed by atoms with E-state index in [2.05, 4.69) is 19.5 Å². The van der Waals surface area contributed by atoms with Crippen LogP contribution >= 0.6 is 0 Å². The van der Waals surface area contributed by atoms with Gasteiger partial charge in [0.2, 0.25) is 0 Å². The molecule has 5 nitrogen and oxygen atoms in total. The van der Waals surface area contributed by atoms with Crippen LogP contribution in [-0.2, 0) is 4.79 Å². The molecule has 1 unspecified atom stereocenters. The molecule has 5 heteroatoms. The first kappa shape index (κ1) is 12.7. The highest BCUT2D eigenvalue weighted by Gasteiger charge is 2.33. The van der Waals surface area contributed by atoms with Gasteiger partial charge in [0.05, 0.1) is 30.0 Å². The molecule has 3 heterocycles. The molecule has 108 valence electrons. The van der Waals surface area contributed by atoms with E-state index >= 15 is 0 Å². The Morgan fingerprint density at radius 2 is 2.05 bits per heavy atom. The number of carbonyl (C=O) groups excluding carboxylic acids is 1. The first-order valence-electron chi connectivity index (χ1n) is 7.69. The molecular formula is C16H18N4O. The molecule has 2 aromatic heterocycles. The normalized spacial score (nSPS) is 21.0. The number of Topliss-reactive ketones (excluding diaryl/α,β-unsaturated/α-hetero) is 1. The van der Waals surface area contributed by atoms with Crippen LogP contribution in [0.25, 0.3) is 11.3 Å². The maximum Gasteiger partial charge on any atom is 0.138 e. The Bertz CT molecular complexity index is 672. The topological polar surface area (TPSA) is 60.7 Å². The Morgan fingerprint density at radius 1 is 1.19 bits per heavy atom. The molecule has 0 spiro atoms. The van der Waals surface area contributed by atoms with Gasteiger partial charge in [0.25, 0.3) is 0 Å². The van der Waals surface area contributed by atoms with Crippen molar-refractivity contribution in [3.05, 3.63) is 30.7 Å². The van der Waals surface area contributed by atoms with E-state index in [1.54, 1.807) is 12.7 Å². The van der Waals surface area contributed by atoms with Crippen molar-refractivity contribution in [2.45, 2.75) is 44.6 Å². The van der Waals surface area contributed by atoms with Gasteiger partial charge in [-0.1, -0.05) is 19.3 Å². The highest BCUT2D eigenvalue weighted by molar-refractivity contribution is 5.83. The predicted octanol–water partition coefficient (Wildman–Crippen LogP) is 2.78. The van der Waals surface area contributed by atoms with Crippen molar-refractivity contribution in [1.82, 2.24) is 19.5 Å². The van der Waals surface area contributed by atoms with E-state index in [0.29, 0.717) is 12.2 Å². The Labute approximate surface area is 123 Å². The van der Waals surface area contributed by atoms with Crippen molar-refractivity contribution in [3.8, 4) is 11.3 Å². The molecule has 2 aromatic rings. The molecule has 0 bridgehead atoms. The number of ketones is 1. The number of fused-ring (bicyclic) bond motifs is 3. The second kappa shape index (κ2) is 5.06. The van der Waals surface area contributed by atoms with Gasteiger partial charge in [-0.15, -0.1) is 0 Å². The van der Waals surface area contributed by atoms with Crippen molar-refractivity contribution in [1.29, 1.82) is 0 Å². The van der Waals surface area contributed by atoms with E-state index in [1.165, 1.54) is 19.3 Å². The number of aromatic nitrogens is 4. The average Bonchev–Trinajstić information content (AvgIpc) is 3.11. The van der Waals surface area contributed by atoms with Crippen LogP contribution in [0.1, 0.15) is 50.3 Å². The molecule has 1 aliphatic heterocycles. The maximum atomic E-state index is 12.6. The lowest BCUT2D eigenvalue weighted by molar-refractivity contribution is -0.124. The number of nitrogens with zero attached hydrogens (tertiary/aromatic N) is 4. The summed E-state index contributed by atoms with van der Waals surface area (Å²) in [6, 6.07) is -0.00470. The molecule has 0 radical (unpaired) electrons. The standard InChI is InChI=1S/C16H18N4O/c21-15(11-4-2-1-3-5-11)6-13-16-12(7-17-9-19-16)14-8-18-10-20(13)14/h7-11,13H,1-6H2. The summed E-state index contributed by atoms with van der Waals surface area (Å²) in [6.45, 7) is 0. The van der Waals surface area contributed by atoms with Crippen molar-refractivity contribution in [2.24, 2.45) is 5.92 Å². The van der Waals surface area contributed by atoms with E-state index < -0.39 is 0 Å². The fourth-order valence-electron chi connectivity index (χ4n) is 3.67. The molecule has 1 atom stereocenters. The second-order valence-electron chi connectivity index (χ2n) is 6.03. The fraction of sp³-hybridized carbons (Fsp3) is 0.500. The lowest BCUT2D eigenvalue weighted by atomic mass is 9.84. The molecule has 2 aliphatic rings. The highest BCUT2D eigenvalue weighted by atomic mass is 16.1. The zero-order chi connectivity index (χ0) is 14.2. The maximum absolute atomic E-state index is 12.6. The third kappa shape index (κ3) is 2.07. The largest absolute Gasteiger partial charge is 0.321 e. The monoisotopic (exact) mass is 282 g/mol. The molecule has 0 amide bonds. The lowest BCUT2D eigenvalue weighted by Crippen LogP contribution is -2.21. The van der Waals surface area contributed by atoms with Crippen molar-refractivity contribution >= 4 is 5.78 Å². The Kier molecular flexibility index (Phi) is 3.05. The van der Waals surface area contributed by atoms with Gasteiger partial charge in [-0.2, -0.15) is 0 Å².